The Morgan fingerprint density at radius 1 is 1.07 bits per heavy atom. The topological polar surface area (TPSA) is 138 Å². The predicted molar refractivity (Wildman–Crippen MR) is 47.1 cm³/mol. The summed E-state index contributed by atoms with van der Waals surface area (Å²) >= 11 is 0. The summed E-state index contributed by atoms with van der Waals surface area (Å²) in [6.45, 7) is 0. The molecule has 0 amide bonds. The number of azide groups is 2. The molecule has 76 valence electrons. The molecule has 1 fully saturated rings. The first-order valence-corrected chi connectivity index (χ1v) is 4.13. The van der Waals surface area contributed by atoms with E-state index in [2.05, 4.69) is 20.1 Å². The summed E-state index contributed by atoms with van der Waals surface area (Å²) in [5.74, 6) is 0. The van der Waals surface area contributed by atoms with Crippen LogP contribution in [0.25, 0.3) is 20.9 Å². The van der Waals surface area contributed by atoms with Crippen LogP contribution in [0, 0.1) is 0 Å². The van der Waals surface area contributed by atoms with Crippen LogP contribution < -0.4 is 0 Å². The molecule has 1 saturated carbocycles. The maximum absolute atomic E-state index is 9.40. The summed E-state index contributed by atoms with van der Waals surface area (Å²) in [6, 6.07) is -1.15. The van der Waals surface area contributed by atoms with Gasteiger partial charge in [0.1, 0.15) is 0 Å². The van der Waals surface area contributed by atoms with Crippen LogP contribution in [0.2, 0.25) is 0 Å². The van der Waals surface area contributed by atoms with E-state index >= 15 is 0 Å². The second-order valence-electron chi connectivity index (χ2n) is 3.16. The fourth-order valence-electron chi connectivity index (χ4n) is 1.54. The molecule has 0 aromatic heterocycles. The Balaban J connectivity index is 2.75. The third-order valence-corrected chi connectivity index (χ3v) is 2.23. The van der Waals surface area contributed by atoms with Crippen molar-refractivity contribution in [2.45, 2.75) is 37.1 Å². The van der Waals surface area contributed by atoms with Gasteiger partial charge >= 0.3 is 0 Å². The summed E-state index contributed by atoms with van der Waals surface area (Å²) in [6.07, 6.45) is -1.61. The van der Waals surface area contributed by atoms with E-state index in [1.165, 1.54) is 0 Å². The molecule has 8 heteroatoms. The van der Waals surface area contributed by atoms with Crippen LogP contribution in [-0.4, -0.2) is 34.5 Å². The fraction of sp³-hybridized carbons (Fsp3) is 1.00. The number of aliphatic hydroxyl groups excluding tert-OH is 2. The Labute approximate surface area is 79.4 Å². The second-order valence-corrected chi connectivity index (χ2v) is 3.16. The highest BCUT2D eigenvalue weighted by atomic mass is 16.3. The van der Waals surface area contributed by atoms with E-state index < -0.39 is 24.3 Å². The lowest BCUT2D eigenvalue weighted by Crippen LogP contribution is -2.44. The third-order valence-electron chi connectivity index (χ3n) is 2.23. The van der Waals surface area contributed by atoms with Gasteiger partial charge < -0.3 is 10.2 Å². The van der Waals surface area contributed by atoms with Crippen LogP contribution in [0.1, 0.15) is 12.8 Å². The molecule has 0 radical (unpaired) electrons. The molecule has 0 spiro atoms. The van der Waals surface area contributed by atoms with Gasteiger partial charge in [-0.3, -0.25) is 0 Å². The monoisotopic (exact) mass is 198 g/mol. The van der Waals surface area contributed by atoms with E-state index in [0.29, 0.717) is 0 Å². The first-order valence-electron chi connectivity index (χ1n) is 4.13. The highest BCUT2D eigenvalue weighted by Crippen LogP contribution is 2.24. The minimum absolute atomic E-state index is 0.197. The van der Waals surface area contributed by atoms with Gasteiger partial charge in [0, 0.05) is 15.9 Å². The van der Waals surface area contributed by atoms with E-state index in [1.54, 1.807) is 0 Å². The van der Waals surface area contributed by atoms with Crippen LogP contribution in [0.3, 0.4) is 0 Å². The first-order chi connectivity index (χ1) is 6.69. The lowest BCUT2D eigenvalue weighted by Gasteiger charge is -2.32. The van der Waals surface area contributed by atoms with Crippen molar-refractivity contribution in [3.63, 3.8) is 0 Å². The zero-order valence-electron chi connectivity index (χ0n) is 7.30. The fourth-order valence-corrected chi connectivity index (χ4v) is 1.54. The van der Waals surface area contributed by atoms with E-state index in [4.69, 9.17) is 11.1 Å². The van der Waals surface area contributed by atoms with Crippen LogP contribution in [0.4, 0.5) is 0 Å². The normalized spacial score (nSPS) is 36.7. The first kappa shape index (κ1) is 10.6. The third kappa shape index (κ3) is 2.27. The number of hydrogen-bond donors (Lipinski definition) is 2. The van der Waals surface area contributed by atoms with Gasteiger partial charge in [0.15, 0.2) is 0 Å². The molecule has 1 aliphatic rings. The lowest BCUT2D eigenvalue weighted by molar-refractivity contribution is -0.0257. The van der Waals surface area contributed by atoms with Crippen LogP contribution >= 0.6 is 0 Å². The molecule has 0 saturated heterocycles. The standard InChI is InChI=1S/C6H10N6O2/c7-11-9-3-1-4(10-12-8)6(14)5(13)2-3/h3-6,13-14H,1-2H2/t3-,4+,5+,6-/m0/s1. The van der Waals surface area contributed by atoms with Gasteiger partial charge in [-0.2, -0.15) is 0 Å². The molecule has 8 nitrogen and oxygen atoms in total. The van der Waals surface area contributed by atoms with Crippen molar-refractivity contribution in [3.8, 4) is 0 Å². The molecule has 0 aromatic carbocycles. The zero-order valence-corrected chi connectivity index (χ0v) is 7.30. The summed E-state index contributed by atoms with van der Waals surface area (Å²) in [5.41, 5.74) is 16.4. The van der Waals surface area contributed by atoms with E-state index in [0.717, 1.165) is 0 Å². The van der Waals surface area contributed by atoms with E-state index in [-0.39, 0.29) is 12.8 Å². The number of rotatable bonds is 2. The Bertz CT molecular complexity index is 295. The molecular weight excluding hydrogens is 188 g/mol. The quantitative estimate of drug-likeness (QED) is 0.386. The molecule has 0 aliphatic heterocycles. The zero-order chi connectivity index (χ0) is 10.6. The lowest BCUT2D eigenvalue weighted by atomic mass is 9.87. The number of nitrogens with zero attached hydrogens (tertiary/aromatic N) is 6. The van der Waals surface area contributed by atoms with Gasteiger partial charge in [0.2, 0.25) is 0 Å². The summed E-state index contributed by atoms with van der Waals surface area (Å²) in [4.78, 5) is 5.17. The van der Waals surface area contributed by atoms with Crippen molar-refractivity contribution in [2.75, 3.05) is 0 Å². The average molecular weight is 198 g/mol. The molecule has 1 rings (SSSR count). The Morgan fingerprint density at radius 2 is 1.71 bits per heavy atom. The molecule has 0 aromatic rings. The molecule has 1 aliphatic carbocycles. The SMILES string of the molecule is [N-]=[N+]=N[C@@H]1C[C@@H](O)[C@@H](O)[C@H](N=[N+]=[N-])C1. The van der Waals surface area contributed by atoms with Crippen LogP contribution in [0.15, 0.2) is 10.2 Å². The molecule has 2 N–H and O–H groups in total. The van der Waals surface area contributed by atoms with E-state index in [1.807, 2.05) is 0 Å². The highest BCUT2D eigenvalue weighted by molar-refractivity contribution is 4.93. The minimum Gasteiger partial charge on any atom is -0.390 e. The predicted octanol–water partition coefficient (Wildman–Crippen LogP) is 0.860. The van der Waals surface area contributed by atoms with Gasteiger partial charge in [0.25, 0.3) is 0 Å². The van der Waals surface area contributed by atoms with Gasteiger partial charge in [-0.05, 0) is 23.9 Å². The van der Waals surface area contributed by atoms with Crippen molar-refractivity contribution in [1.29, 1.82) is 0 Å². The Morgan fingerprint density at radius 3 is 2.29 bits per heavy atom. The van der Waals surface area contributed by atoms with Gasteiger partial charge in [0.05, 0.1) is 18.2 Å². The van der Waals surface area contributed by atoms with E-state index in [9.17, 15) is 10.2 Å². The largest absolute Gasteiger partial charge is 0.390 e. The summed E-state index contributed by atoms with van der Waals surface area (Å²) in [5, 5.41) is 25.5. The van der Waals surface area contributed by atoms with Crippen molar-refractivity contribution in [1.82, 2.24) is 0 Å². The number of hydrogen-bond acceptors (Lipinski definition) is 4. The van der Waals surface area contributed by atoms with Gasteiger partial charge in [-0.25, -0.2) is 0 Å². The molecule has 0 unspecified atom stereocenters. The summed E-state index contributed by atoms with van der Waals surface area (Å²) < 4.78 is 0. The van der Waals surface area contributed by atoms with Crippen molar-refractivity contribution in [3.05, 3.63) is 20.9 Å². The summed E-state index contributed by atoms with van der Waals surface area (Å²) in [7, 11) is 0. The molecule has 14 heavy (non-hydrogen) atoms. The molecule has 4 atom stereocenters. The highest BCUT2D eigenvalue weighted by Gasteiger charge is 2.34. The van der Waals surface area contributed by atoms with Crippen molar-refractivity contribution < 1.29 is 10.2 Å². The minimum atomic E-state index is -1.07. The number of aliphatic hydroxyl groups is 2. The Kier molecular flexibility index (Phi) is 3.55. The van der Waals surface area contributed by atoms with Crippen molar-refractivity contribution in [2.24, 2.45) is 10.2 Å². The molecular formula is C6H10N6O2. The van der Waals surface area contributed by atoms with Gasteiger partial charge in [-0.1, -0.05) is 10.2 Å². The average Bonchev–Trinajstić information content (AvgIpc) is 2.14. The van der Waals surface area contributed by atoms with Crippen LogP contribution in [0.5, 0.6) is 0 Å². The second kappa shape index (κ2) is 4.69. The van der Waals surface area contributed by atoms with Crippen molar-refractivity contribution >= 4 is 0 Å². The van der Waals surface area contributed by atoms with Gasteiger partial charge in [-0.15, -0.1) is 0 Å². The molecule has 0 bridgehead atoms. The molecule has 0 heterocycles. The maximum atomic E-state index is 9.40. The smallest absolute Gasteiger partial charge is 0.0883 e. The maximum Gasteiger partial charge on any atom is 0.0883 e. The van der Waals surface area contributed by atoms with Crippen LogP contribution in [-0.2, 0) is 0 Å². The Hall–Kier alpha value is -1.46.